The van der Waals surface area contributed by atoms with Crippen molar-refractivity contribution in [2.75, 3.05) is 14.2 Å². The number of hydrogen-bond donors (Lipinski definition) is 1. The van der Waals surface area contributed by atoms with Gasteiger partial charge in [-0.25, -0.2) is 0 Å². The first kappa shape index (κ1) is 15.6. The summed E-state index contributed by atoms with van der Waals surface area (Å²) in [6, 6.07) is 19.4. The molecule has 1 aromatic heterocycles. The SMILES string of the molecule is COc1cccc(CN(C)C(C)Cc2cc3ccccc3[nH]2)c1. The molecule has 120 valence electrons. The van der Waals surface area contributed by atoms with Gasteiger partial charge >= 0.3 is 0 Å². The van der Waals surface area contributed by atoms with E-state index in [9.17, 15) is 0 Å². The Morgan fingerprint density at radius 3 is 2.70 bits per heavy atom. The number of H-pyrrole nitrogens is 1. The number of rotatable bonds is 6. The topological polar surface area (TPSA) is 28.3 Å². The van der Waals surface area contributed by atoms with E-state index in [1.54, 1.807) is 7.11 Å². The van der Waals surface area contributed by atoms with Crippen molar-refractivity contribution in [3.63, 3.8) is 0 Å². The highest BCUT2D eigenvalue weighted by atomic mass is 16.5. The number of methoxy groups -OCH3 is 1. The molecule has 1 heterocycles. The van der Waals surface area contributed by atoms with E-state index < -0.39 is 0 Å². The molecule has 3 heteroatoms. The van der Waals surface area contributed by atoms with E-state index in [4.69, 9.17) is 4.74 Å². The summed E-state index contributed by atoms with van der Waals surface area (Å²) in [5.41, 5.74) is 3.77. The summed E-state index contributed by atoms with van der Waals surface area (Å²) < 4.78 is 5.30. The van der Waals surface area contributed by atoms with Crippen molar-refractivity contribution < 1.29 is 4.74 Å². The van der Waals surface area contributed by atoms with E-state index in [1.807, 2.05) is 12.1 Å². The van der Waals surface area contributed by atoms with E-state index in [-0.39, 0.29) is 0 Å². The number of hydrogen-bond acceptors (Lipinski definition) is 2. The van der Waals surface area contributed by atoms with Crippen molar-refractivity contribution in [1.29, 1.82) is 0 Å². The van der Waals surface area contributed by atoms with Gasteiger partial charge in [0.05, 0.1) is 7.11 Å². The Labute approximate surface area is 137 Å². The number of ether oxygens (including phenoxy) is 1. The van der Waals surface area contributed by atoms with Crippen molar-refractivity contribution >= 4 is 10.9 Å². The van der Waals surface area contributed by atoms with Gasteiger partial charge in [0.15, 0.2) is 0 Å². The highest BCUT2D eigenvalue weighted by Crippen LogP contribution is 2.18. The number of fused-ring (bicyclic) bond motifs is 1. The van der Waals surface area contributed by atoms with Crippen LogP contribution >= 0.6 is 0 Å². The number of nitrogens with zero attached hydrogens (tertiary/aromatic N) is 1. The summed E-state index contributed by atoms with van der Waals surface area (Å²) >= 11 is 0. The molecule has 1 unspecified atom stereocenters. The van der Waals surface area contributed by atoms with Gasteiger partial charge in [-0.2, -0.15) is 0 Å². The predicted octanol–water partition coefficient (Wildman–Crippen LogP) is 4.24. The zero-order chi connectivity index (χ0) is 16.2. The molecule has 0 radical (unpaired) electrons. The molecular weight excluding hydrogens is 284 g/mol. The first-order valence-corrected chi connectivity index (χ1v) is 8.05. The average Bonchev–Trinajstić information content (AvgIpc) is 2.97. The minimum absolute atomic E-state index is 0.453. The van der Waals surface area contributed by atoms with Crippen LogP contribution in [0.2, 0.25) is 0 Å². The quantitative estimate of drug-likeness (QED) is 0.738. The lowest BCUT2D eigenvalue weighted by atomic mass is 10.1. The standard InChI is InChI=1S/C20H24N2O/c1-15(11-18-13-17-8-4-5-10-20(17)21-18)22(2)14-16-7-6-9-19(12-16)23-3/h4-10,12-13,15,21H,11,14H2,1-3H3. The first-order chi connectivity index (χ1) is 11.2. The van der Waals surface area contributed by atoms with Crippen LogP contribution in [0.15, 0.2) is 54.6 Å². The molecule has 23 heavy (non-hydrogen) atoms. The van der Waals surface area contributed by atoms with Crippen molar-refractivity contribution in [3.05, 3.63) is 65.9 Å². The van der Waals surface area contributed by atoms with Crippen LogP contribution in [0.1, 0.15) is 18.2 Å². The van der Waals surface area contributed by atoms with Crippen LogP contribution in [-0.4, -0.2) is 30.1 Å². The lowest BCUT2D eigenvalue weighted by Gasteiger charge is -2.24. The highest BCUT2D eigenvalue weighted by Gasteiger charge is 2.12. The van der Waals surface area contributed by atoms with Gasteiger partial charge in [0.1, 0.15) is 5.75 Å². The maximum Gasteiger partial charge on any atom is 0.119 e. The fourth-order valence-corrected chi connectivity index (χ4v) is 2.93. The van der Waals surface area contributed by atoms with E-state index >= 15 is 0 Å². The van der Waals surface area contributed by atoms with Gasteiger partial charge < -0.3 is 9.72 Å². The van der Waals surface area contributed by atoms with Crippen molar-refractivity contribution in [1.82, 2.24) is 9.88 Å². The zero-order valence-electron chi connectivity index (χ0n) is 14.0. The predicted molar refractivity (Wildman–Crippen MR) is 95.9 cm³/mol. The zero-order valence-corrected chi connectivity index (χ0v) is 14.0. The van der Waals surface area contributed by atoms with Crippen LogP contribution in [-0.2, 0) is 13.0 Å². The Hall–Kier alpha value is -2.26. The maximum absolute atomic E-state index is 5.30. The fourth-order valence-electron chi connectivity index (χ4n) is 2.93. The minimum atomic E-state index is 0.453. The van der Waals surface area contributed by atoms with Crippen LogP contribution in [0.4, 0.5) is 0 Å². The third-order valence-corrected chi connectivity index (χ3v) is 4.42. The summed E-state index contributed by atoms with van der Waals surface area (Å²) in [4.78, 5) is 5.89. The first-order valence-electron chi connectivity index (χ1n) is 8.05. The van der Waals surface area contributed by atoms with Gasteiger partial charge in [0.2, 0.25) is 0 Å². The van der Waals surface area contributed by atoms with Crippen LogP contribution in [0.3, 0.4) is 0 Å². The highest BCUT2D eigenvalue weighted by molar-refractivity contribution is 5.80. The van der Waals surface area contributed by atoms with Gasteiger partial charge in [-0.05, 0) is 49.2 Å². The molecule has 3 nitrogen and oxygen atoms in total. The molecular formula is C20H24N2O. The summed E-state index contributed by atoms with van der Waals surface area (Å²) in [6.07, 6.45) is 1.01. The second-order valence-electron chi connectivity index (χ2n) is 6.20. The molecule has 0 spiro atoms. The lowest BCUT2D eigenvalue weighted by molar-refractivity contribution is 0.247. The lowest BCUT2D eigenvalue weighted by Crippen LogP contribution is -2.30. The number of nitrogens with one attached hydrogen (secondary N) is 1. The second kappa shape index (κ2) is 6.88. The molecule has 0 saturated heterocycles. The van der Waals surface area contributed by atoms with E-state index in [2.05, 4.69) is 66.3 Å². The number of aromatic nitrogens is 1. The molecule has 1 N–H and O–H groups in total. The van der Waals surface area contributed by atoms with Crippen LogP contribution in [0.25, 0.3) is 10.9 Å². The van der Waals surface area contributed by atoms with E-state index in [1.165, 1.54) is 22.2 Å². The van der Waals surface area contributed by atoms with Crippen molar-refractivity contribution in [2.45, 2.75) is 25.9 Å². The van der Waals surface area contributed by atoms with Crippen molar-refractivity contribution in [2.24, 2.45) is 0 Å². The maximum atomic E-state index is 5.30. The third-order valence-electron chi connectivity index (χ3n) is 4.42. The molecule has 3 rings (SSSR count). The summed E-state index contributed by atoms with van der Waals surface area (Å²) in [7, 11) is 3.88. The third kappa shape index (κ3) is 3.74. The molecule has 2 aromatic carbocycles. The molecule has 1 atom stereocenters. The molecule has 0 amide bonds. The molecule has 0 saturated carbocycles. The number of para-hydroxylation sites is 1. The Balaban J connectivity index is 1.65. The minimum Gasteiger partial charge on any atom is -0.497 e. The Morgan fingerprint density at radius 2 is 1.91 bits per heavy atom. The molecule has 0 aliphatic rings. The smallest absolute Gasteiger partial charge is 0.119 e. The van der Waals surface area contributed by atoms with E-state index in [0.29, 0.717) is 6.04 Å². The van der Waals surface area contributed by atoms with Gasteiger partial charge in [0, 0.05) is 30.2 Å². The summed E-state index contributed by atoms with van der Waals surface area (Å²) in [5.74, 6) is 0.916. The largest absolute Gasteiger partial charge is 0.497 e. The number of benzene rings is 2. The van der Waals surface area contributed by atoms with Crippen LogP contribution < -0.4 is 4.74 Å². The van der Waals surface area contributed by atoms with Gasteiger partial charge in [0.25, 0.3) is 0 Å². The molecule has 3 aromatic rings. The molecule has 0 fully saturated rings. The summed E-state index contributed by atoms with van der Waals surface area (Å²) in [5, 5.41) is 1.28. The molecule has 0 aliphatic heterocycles. The van der Waals surface area contributed by atoms with Gasteiger partial charge in [-0.15, -0.1) is 0 Å². The fraction of sp³-hybridized carbons (Fsp3) is 0.300. The molecule has 0 bridgehead atoms. The van der Waals surface area contributed by atoms with Crippen molar-refractivity contribution in [3.8, 4) is 5.75 Å². The Kier molecular flexibility index (Phi) is 4.68. The Morgan fingerprint density at radius 1 is 1.09 bits per heavy atom. The number of likely N-dealkylation sites (N-methyl/N-ethyl adjacent to an activating group) is 1. The molecule has 0 aliphatic carbocycles. The van der Waals surface area contributed by atoms with Gasteiger partial charge in [-0.1, -0.05) is 30.3 Å². The summed E-state index contributed by atoms with van der Waals surface area (Å²) in [6.45, 7) is 3.18. The van der Waals surface area contributed by atoms with Crippen LogP contribution in [0, 0.1) is 0 Å². The normalized spacial score (nSPS) is 12.7. The average molecular weight is 308 g/mol. The van der Waals surface area contributed by atoms with Gasteiger partial charge in [-0.3, -0.25) is 4.90 Å². The Bertz CT molecular complexity index is 745. The van der Waals surface area contributed by atoms with E-state index in [0.717, 1.165) is 18.7 Å². The monoisotopic (exact) mass is 308 g/mol. The van der Waals surface area contributed by atoms with Crippen LogP contribution in [0.5, 0.6) is 5.75 Å². The number of aromatic amines is 1. The second-order valence-corrected chi connectivity index (χ2v) is 6.20.